The molecule has 0 radical (unpaired) electrons. The van der Waals surface area contributed by atoms with Crippen LogP contribution in [0.2, 0.25) is 0 Å². The maximum Gasteiger partial charge on any atom is 0.0417 e. The Labute approximate surface area is 122 Å². The summed E-state index contributed by atoms with van der Waals surface area (Å²) in [4.78, 5) is 0. The van der Waals surface area contributed by atoms with Gasteiger partial charge in [0, 0.05) is 23.6 Å². The lowest BCUT2D eigenvalue weighted by Gasteiger charge is -2.29. The molecule has 0 amide bonds. The van der Waals surface area contributed by atoms with Gasteiger partial charge in [-0.3, -0.25) is 0 Å². The molecule has 1 heterocycles. The topological polar surface area (TPSA) is 12.0 Å². The van der Waals surface area contributed by atoms with Gasteiger partial charge in [0.2, 0.25) is 0 Å². The van der Waals surface area contributed by atoms with Gasteiger partial charge in [0.05, 0.1) is 0 Å². The molecule has 106 valence electrons. The Morgan fingerprint density at radius 2 is 2.11 bits per heavy atom. The second-order valence-electron chi connectivity index (χ2n) is 5.68. The highest BCUT2D eigenvalue weighted by Gasteiger charge is 2.20. The Bertz CT molecular complexity index is 377. The maximum absolute atomic E-state index is 3.83. The van der Waals surface area contributed by atoms with Crippen molar-refractivity contribution < 1.29 is 0 Å². The van der Waals surface area contributed by atoms with E-state index in [4.69, 9.17) is 0 Å². The van der Waals surface area contributed by atoms with Crippen molar-refractivity contribution in [1.29, 1.82) is 0 Å². The number of hydrogen-bond acceptors (Lipinski definition) is 2. The van der Waals surface area contributed by atoms with Crippen LogP contribution in [0, 0.1) is 0 Å². The Morgan fingerprint density at radius 1 is 1.26 bits per heavy atom. The average Bonchev–Trinajstić information content (AvgIpc) is 2.44. The zero-order valence-corrected chi connectivity index (χ0v) is 13.1. The van der Waals surface area contributed by atoms with Crippen molar-refractivity contribution in [2.24, 2.45) is 0 Å². The monoisotopic (exact) mass is 277 g/mol. The fourth-order valence-corrected chi connectivity index (χ4v) is 3.94. The maximum atomic E-state index is 3.83. The van der Waals surface area contributed by atoms with Crippen molar-refractivity contribution in [3.05, 3.63) is 35.4 Å². The molecule has 1 aliphatic rings. The summed E-state index contributed by atoms with van der Waals surface area (Å²) >= 11 is 2.06. The Kier molecular flexibility index (Phi) is 6.25. The van der Waals surface area contributed by atoms with E-state index in [0.29, 0.717) is 12.1 Å². The van der Waals surface area contributed by atoms with E-state index in [-0.39, 0.29) is 0 Å². The summed E-state index contributed by atoms with van der Waals surface area (Å²) in [6.07, 6.45) is 6.77. The number of thioether (sulfide) groups is 1. The molecule has 0 bridgehead atoms. The summed E-state index contributed by atoms with van der Waals surface area (Å²) in [5.74, 6) is 2.40. The molecule has 0 spiro atoms. The Balaban J connectivity index is 1.83. The molecule has 2 heteroatoms. The van der Waals surface area contributed by atoms with Crippen molar-refractivity contribution in [3.8, 4) is 0 Å². The normalized spacial score (nSPS) is 20.0. The molecule has 1 aromatic rings. The second kappa shape index (κ2) is 7.96. The summed E-state index contributed by atoms with van der Waals surface area (Å²) < 4.78 is 0. The highest BCUT2D eigenvalue weighted by molar-refractivity contribution is 7.98. The molecule has 2 atom stereocenters. The lowest BCUT2D eigenvalue weighted by Crippen LogP contribution is -2.33. The molecule has 1 nitrogen and oxygen atoms in total. The van der Waals surface area contributed by atoms with Crippen molar-refractivity contribution in [3.63, 3.8) is 0 Å². The van der Waals surface area contributed by atoms with E-state index in [1.165, 1.54) is 54.7 Å². The third kappa shape index (κ3) is 4.54. The SMILES string of the molecule is CCCCCCC(C)NC1CSCc2ccccc21. The van der Waals surface area contributed by atoms with Crippen LogP contribution in [0.25, 0.3) is 0 Å². The molecule has 1 aromatic carbocycles. The largest absolute Gasteiger partial charge is 0.307 e. The third-order valence-corrected chi connectivity index (χ3v) is 5.03. The molecule has 2 unspecified atom stereocenters. The molecule has 1 aliphatic heterocycles. The number of hydrogen-bond donors (Lipinski definition) is 1. The second-order valence-corrected chi connectivity index (χ2v) is 6.71. The van der Waals surface area contributed by atoms with Gasteiger partial charge in [-0.25, -0.2) is 0 Å². The summed E-state index contributed by atoms with van der Waals surface area (Å²) in [5.41, 5.74) is 3.05. The van der Waals surface area contributed by atoms with Gasteiger partial charge >= 0.3 is 0 Å². The molecule has 19 heavy (non-hydrogen) atoms. The first kappa shape index (κ1) is 14.9. The van der Waals surface area contributed by atoms with Crippen LogP contribution in [0.15, 0.2) is 24.3 Å². The van der Waals surface area contributed by atoms with Crippen LogP contribution in [0.1, 0.15) is 63.1 Å². The van der Waals surface area contributed by atoms with Gasteiger partial charge in [0.1, 0.15) is 0 Å². The molecule has 2 rings (SSSR count). The van der Waals surface area contributed by atoms with Crippen LogP contribution in [0.3, 0.4) is 0 Å². The van der Waals surface area contributed by atoms with Crippen molar-refractivity contribution in [1.82, 2.24) is 5.32 Å². The lowest BCUT2D eigenvalue weighted by molar-refractivity contribution is 0.439. The first-order valence-electron chi connectivity index (χ1n) is 7.73. The number of benzene rings is 1. The minimum absolute atomic E-state index is 0.552. The number of fused-ring (bicyclic) bond motifs is 1. The van der Waals surface area contributed by atoms with Crippen LogP contribution in [0.5, 0.6) is 0 Å². The van der Waals surface area contributed by atoms with Crippen LogP contribution >= 0.6 is 11.8 Å². The predicted octanol–water partition coefficient (Wildman–Crippen LogP) is 4.92. The van der Waals surface area contributed by atoms with Gasteiger partial charge in [0.15, 0.2) is 0 Å². The molecule has 0 saturated carbocycles. The van der Waals surface area contributed by atoms with Gasteiger partial charge in [-0.1, -0.05) is 56.9 Å². The van der Waals surface area contributed by atoms with Gasteiger partial charge in [-0.05, 0) is 24.5 Å². The molecule has 1 N–H and O–H groups in total. The molecule has 0 aliphatic carbocycles. The van der Waals surface area contributed by atoms with E-state index in [1.54, 1.807) is 0 Å². The smallest absolute Gasteiger partial charge is 0.0417 e. The van der Waals surface area contributed by atoms with Crippen molar-refractivity contribution in [2.75, 3.05) is 5.75 Å². The number of nitrogens with one attached hydrogen (secondary N) is 1. The fourth-order valence-electron chi connectivity index (χ4n) is 2.82. The highest BCUT2D eigenvalue weighted by Crippen LogP contribution is 2.31. The van der Waals surface area contributed by atoms with E-state index in [2.05, 4.69) is 55.2 Å². The minimum atomic E-state index is 0.552. The molecule has 0 aromatic heterocycles. The first-order chi connectivity index (χ1) is 9.31. The summed E-state index contributed by atoms with van der Waals surface area (Å²) in [6, 6.07) is 10.1. The van der Waals surface area contributed by atoms with Crippen LogP contribution < -0.4 is 5.32 Å². The number of unbranched alkanes of at least 4 members (excludes halogenated alkanes) is 3. The van der Waals surface area contributed by atoms with Gasteiger partial charge < -0.3 is 5.32 Å². The van der Waals surface area contributed by atoms with E-state index < -0.39 is 0 Å². The standard InChI is InChI=1S/C17H27NS/c1-3-4-5-6-9-14(2)18-17-13-19-12-15-10-7-8-11-16(15)17/h7-8,10-11,14,17-18H,3-6,9,12-13H2,1-2H3. The zero-order chi connectivity index (χ0) is 13.5. The quantitative estimate of drug-likeness (QED) is 0.710. The minimum Gasteiger partial charge on any atom is -0.307 e. The molecule has 0 saturated heterocycles. The van der Waals surface area contributed by atoms with Crippen molar-refractivity contribution in [2.45, 2.75) is 63.8 Å². The van der Waals surface area contributed by atoms with Crippen LogP contribution in [-0.4, -0.2) is 11.8 Å². The van der Waals surface area contributed by atoms with E-state index in [1.807, 2.05) is 0 Å². The lowest BCUT2D eigenvalue weighted by atomic mass is 10.0. The predicted molar refractivity (Wildman–Crippen MR) is 86.7 cm³/mol. The van der Waals surface area contributed by atoms with Crippen LogP contribution in [-0.2, 0) is 5.75 Å². The van der Waals surface area contributed by atoms with Gasteiger partial charge in [0.25, 0.3) is 0 Å². The van der Waals surface area contributed by atoms with Crippen LogP contribution in [0.4, 0.5) is 0 Å². The Hall–Kier alpha value is -0.470. The molecular weight excluding hydrogens is 250 g/mol. The van der Waals surface area contributed by atoms with E-state index in [0.717, 1.165) is 0 Å². The number of rotatable bonds is 7. The summed E-state index contributed by atoms with van der Waals surface area (Å²) in [6.45, 7) is 4.62. The zero-order valence-electron chi connectivity index (χ0n) is 12.3. The van der Waals surface area contributed by atoms with Gasteiger partial charge in [-0.15, -0.1) is 0 Å². The van der Waals surface area contributed by atoms with Crippen molar-refractivity contribution >= 4 is 11.8 Å². The highest BCUT2D eigenvalue weighted by atomic mass is 32.2. The first-order valence-corrected chi connectivity index (χ1v) is 8.88. The van der Waals surface area contributed by atoms with E-state index in [9.17, 15) is 0 Å². The average molecular weight is 277 g/mol. The third-order valence-electron chi connectivity index (χ3n) is 3.95. The Morgan fingerprint density at radius 3 is 2.95 bits per heavy atom. The molecule has 0 fully saturated rings. The van der Waals surface area contributed by atoms with Gasteiger partial charge in [-0.2, -0.15) is 11.8 Å². The fraction of sp³-hybridized carbons (Fsp3) is 0.647. The summed E-state index contributed by atoms with van der Waals surface area (Å²) in [5, 5.41) is 3.83. The molecular formula is C17H27NS. The van der Waals surface area contributed by atoms with E-state index >= 15 is 0 Å². The summed E-state index contributed by atoms with van der Waals surface area (Å²) in [7, 11) is 0.